The van der Waals surface area contributed by atoms with Crippen molar-refractivity contribution in [2.75, 3.05) is 18.3 Å². The molecule has 0 unspecified atom stereocenters. The second-order valence-electron chi connectivity index (χ2n) is 1.31. The largest absolute Gasteiger partial charge is 0.136 e. The van der Waals surface area contributed by atoms with Crippen LogP contribution in [0.25, 0.3) is 0 Å². The number of thioether (sulfide) groups is 3. The van der Waals surface area contributed by atoms with Crippen molar-refractivity contribution in [1.82, 2.24) is 0 Å². The zero-order chi connectivity index (χ0) is 7.11. The van der Waals surface area contributed by atoms with Gasteiger partial charge in [0, 0.05) is 4.24 Å². The van der Waals surface area contributed by atoms with Crippen LogP contribution in [0.5, 0.6) is 0 Å². The van der Waals surface area contributed by atoms with E-state index >= 15 is 0 Å². The lowest BCUT2D eigenvalue weighted by molar-refractivity contribution is 1.53. The minimum absolute atomic E-state index is 1.17. The summed E-state index contributed by atoms with van der Waals surface area (Å²) in [6, 6.07) is 0. The predicted molar refractivity (Wildman–Crippen MR) is 53.2 cm³/mol. The third-order valence-corrected chi connectivity index (χ3v) is 3.54. The van der Waals surface area contributed by atoms with Gasteiger partial charge in [-0.15, -0.1) is 35.3 Å². The van der Waals surface area contributed by atoms with Crippen molar-refractivity contribution in [3.8, 4) is 0 Å². The third-order valence-electron chi connectivity index (χ3n) is 0.702. The van der Waals surface area contributed by atoms with Crippen LogP contribution < -0.4 is 0 Å². The maximum Gasteiger partial charge on any atom is 0.0461 e. The first-order chi connectivity index (χ1) is 4.35. The van der Waals surface area contributed by atoms with Gasteiger partial charge >= 0.3 is 0 Å². The van der Waals surface area contributed by atoms with Gasteiger partial charge in [0.1, 0.15) is 0 Å². The van der Waals surface area contributed by atoms with E-state index in [1.165, 1.54) is 9.99 Å². The average molecular weight is 180 g/mol. The Bertz CT molecular complexity index is 88.3. The van der Waals surface area contributed by atoms with Gasteiger partial charge in [0.05, 0.1) is 0 Å². The smallest absolute Gasteiger partial charge is 0.0461 e. The lowest BCUT2D eigenvalue weighted by Gasteiger charge is -1.97. The molecular weight excluding hydrogens is 168 g/mol. The SMILES string of the molecule is CCSC(=CSC)SC. The molecule has 0 N–H and O–H groups in total. The highest BCUT2D eigenvalue weighted by molar-refractivity contribution is 8.22. The highest BCUT2D eigenvalue weighted by Gasteiger charge is 1.90. The summed E-state index contributed by atoms with van der Waals surface area (Å²) >= 11 is 5.50. The molecule has 54 valence electrons. The molecule has 0 aromatic carbocycles. The van der Waals surface area contributed by atoms with E-state index in [9.17, 15) is 0 Å². The van der Waals surface area contributed by atoms with Crippen molar-refractivity contribution in [2.45, 2.75) is 6.92 Å². The van der Waals surface area contributed by atoms with E-state index in [2.05, 4.69) is 24.8 Å². The molecule has 3 heteroatoms. The average Bonchev–Trinajstić information content (AvgIpc) is 1.88. The Morgan fingerprint density at radius 2 is 2.11 bits per heavy atom. The Kier molecular flexibility index (Phi) is 7.51. The van der Waals surface area contributed by atoms with Crippen LogP contribution in [-0.2, 0) is 0 Å². The molecule has 0 aromatic rings. The Morgan fingerprint density at radius 3 is 2.44 bits per heavy atom. The van der Waals surface area contributed by atoms with Gasteiger partial charge in [0.2, 0.25) is 0 Å². The Labute approximate surface area is 70.2 Å². The maximum absolute atomic E-state index is 2.19. The molecular formula is C6H12S3. The van der Waals surface area contributed by atoms with Gasteiger partial charge in [-0.2, -0.15) is 0 Å². The molecule has 9 heavy (non-hydrogen) atoms. The molecule has 0 radical (unpaired) electrons. The molecule has 0 saturated carbocycles. The van der Waals surface area contributed by atoms with Crippen molar-refractivity contribution < 1.29 is 0 Å². The van der Waals surface area contributed by atoms with E-state index in [0.717, 1.165) is 0 Å². The Morgan fingerprint density at radius 1 is 1.44 bits per heavy atom. The minimum Gasteiger partial charge on any atom is -0.136 e. The molecule has 0 aromatic heterocycles. The maximum atomic E-state index is 2.19. The van der Waals surface area contributed by atoms with E-state index in [4.69, 9.17) is 0 Å². The quantitative estimate of drug-likeness (QED) is 0.652. The second kappa shape index (κ2) is 6.90. The van der Waals surface area contributed by atoms with Crippen LogP contribution in [0.4, 0.5) is 0 Å². The zero-order valence-electron chi connectivity index (χ0n) is 6.01. The third kappa shape index (κ3) is 5.25. The van der Waals surface area contributed by atoms with Crippen LogP contribution in [0.15, 0.2) is 9.65 Å². The van der Waals surface area contributed by atoms with Gasteiger partial charge in [0.25, 0.3) is 0 Å². The Balaban J connectivity index is 3.53. The van der Waals surface area contributed by atoms with Gasteiger partial charge in [-0.3, -0.25) is 0 Å². The van der Waals surface area contributed by atoms with Gasteiger partial charge < -0.3 is 0 Å². The monoisotopic (exact) mass is 180 g/mol. The van der Waals surface area contributed by atoms with Gasteiger partial charge in [-0.05, 0) is 23.7 Å². The summed E-state index contributed by atoms with van der Waals surface area (Å²) in [5.41, 5.74) is 0. The van der Waals surface area contributed by atoms with Crippen LogP contribution in [-0.4, -0.2) is 18.3 Å². The summed E-state index contributed by atoms with van der Waals surface area (Å²) in [6.45, 7) is 2.18. The summed E-state index contributed by atoms with van der Waals surface area (Å²) in [7, 11) is 0. The molecule has 0 rings (SSSR count). The molecule has 0 atom stereocenters. The fourth-order valence-corrected chi connectivity index (χ4v) is 2.92. The second-order valence-corrected chi connectivity index (χ2v) is 4.43. The fourth-order valence-electron chi connectivity index (χ4n) is 0.380. The Hall–Kier alpha value is 0.790. The standard InChI is InChI=1S/C6H12S3/c1-4-9-6(8-3)5-7-2/h5H,4H2,1-3H3. The van der Waals surface area contributed by atoms with Gasteiger partial charge in [-0.25, -0.2) is 0 Å². The van der Waals surface area contributed by atoms with Crippen LogP contribution in [0.1, 0.15) is 6.92 Å². The van der Waals surface area contributed by atoms with Crippen LogP contribution in [0.2, 0.25) is 0 Å². The van der Waals surface area contributed by atoms with E-state index in [-0.39, 0.29) is 0 Å². The zero-order valence-corrected chi connectivity index (χ0v) is 8.46. The normalized spacial score (nSPS) is 12.1. The first-order valence-corrected chi connectivity index (χ1v) is 6.24. The first-order valence-electron chi connectivity index (χ1n) is 2.74. The highest BCUT2D eigenvalue weighted by atomic mass is 32.2. The van der Waals surface area contributed by atoms with Crippen LogP contribution in [0, 0.1) is 0 Å². The fraction of sp³-hybridized carbons (Fsp3) is 0.667. The van der Waals surface area contributed by atoms with E-state index in [0.29, 0.717) is 0 Å². The predicted octanol–water partition coefficient (Wildman–Crippen LogP) is 3.26. The van der Waals surface area contributed by atoms with Crippen molar-refractivity contribution in [2.24, 2.45) is 0 Å². The molecule has 0 heterocycles. The molecule has 0 aliphatic carbocycles. The molecule has 0 spiro atoms. The summed E-state index contributed by atoms with van der Waals surface area (Å²) in [4.78, 5) is 0. The highest BCUT2D eigenvalue weighted by Crippen LogP contribution is 2.27. The summed E-state index contributed by atoms with van der Waals surface area (Å²) in [5, 5.41) is 2.19. The van der Waals surface area contributed by atoms with Crippen LogP contribution >= 0.6 is 35.3 Å². The van der Waals surface area contributed by atoms with Crippen molar-refractivity contribution in [3.63, 3.8) is 0 Å². The van der Waals surface area contributed by atoms with E-state index in [1.807, 2.05) is 23.5 Å². The number of hydrogen-bond acceptors (Lipinski definition) is 3. The molecule has 0 aliphatic rings. The lowest BCUT2D eigenvalue weighted by atomic mass is 11.0. The first kappa shape index (κ1) is 9.79. The molecule has 0 fully saturated rings. The number of hydrogen-bond donors (Lipinski definition) is 0. The molecule has 0 nitrogen and oxygen atoms in total. The van der Waals surface area contributed by atoms with Gasteiger partial charge in [-0.1, -0.05) is 6.92 Å². The number of rotatable bonds is 4. The van der Waals surface area contributed by atoms with E-state index in [1.54, 1.807) is 11.8 Å². The molecule has 0 aliphatic heterocycles. The summed E-state index contributed by atoms with van der Waals surface area (Å²) < 4.78 is 1.42. The van der Waals surface area contributed by atoms with Crippen molar-refractivity contribution >= 4 is 35.3 Å². The molecule has 0 bridgehead atoms. The molecule has 0 saturated heterocycles. The van der Waals surface area contributed by atoms with Crippen LogP contribution in [0.3, 0.4) is 0 Å². The summed E-state index contributed by atoms with van der Waals surface area (Å²) in [6.07, 6.45) is 4.21. The van der Waals surface area contributed by atoms with Crippen molar-refractivity contribution in [3.05, 3.63) is 9.65 Å². The minimum atomic E-state index is 1.17. The molecule has 0 amide bonds. The lowest BCUT2D eigenvalue weighted by Crippen LogP contribution is -1.67. The topological polar surface area (TPSA) is 0 Å². The van der Waals surface area contributed by atoms with Gasteiger partial charge in [0.15, 0.2) is 0 Å². The van der Waals surface area contributed by atoms with E-state index < -0.39 is 0 Å². The summed E-state index contributed by atoms with van der Waals surface area (Å²) in [5.74, 6) is 1.17. The van der Waals surface area contributed by atoms with Crippen molar-refractivity contribution in [1.29, 1.82) is 0 Å².